The summed E-state index contributed by atoms with van der Waals surface area (Å²) in [5.74, 6) is 0. The third kappa shape index (κ3) is 6.89. The Hall–Kier alpha value is -1.62. The molecule has 1 amide bonds. The van der Waals surface area contributed by atoms with E-state index in [0.29, 0.717) is 19.6 Å². The van der Waals surface area contributed by atoms with Crippen LogP contribution in [-0.2, 0) is 4.74 Å². The van der Waals surface area contributed by atoms with Gasteiger partial charge in [-0.05, 0) is 46.2 Å². The Kier molecular flexibility index (Phi) is 7.32. The zero-order chi connectivity index (χ0) is 16.6. The molecule has 0 spiro atoms. The maximum absolute atomic E-state index is 12.2. The first kappa shape index (κ1) is 18.4. The predicted molar refractivity (Wildman–Crippen MR) is 88.8 cm³/mol. The first-order valence-electron chi connectivity index (χ1n) is 7.95. The first-order valence-corrected chi connectivity index (χ1v) is 7.95. The summed E-state index contributed by atoms with van der Waals surface area (Å²) in [6, 6.07) is 6.03. The van der Waals surface area contributed by atoms with E-state index in [2.05, 4.69) is 24.1 Å². The fourth-order valence-corrected chi connectivity index (χ4v) is 2.04. The van der Waals surface area contributed by atoms with Gasteiger partial charge in [-0.1, -0.05) is 13.0 Å². The molecule has 0 radical (unpaired) electrons. The molecule has 0 bridgehead atoms. The Morgan fingerprint density at radius 2 is 2.09 bits per heavy atom. The molecule has 0 aromatic carbocycles. The van der Waals surface area contributed by atoms with Crippen LogP contribution < -0.4 is 5.32 Å². The van der Waals surface area contributed by atoms with Crippen molar-refractivity contribution in [3.05, 3.63) is 30.1 Å². The van der Waals surface area contributed by atoms with Gasteiger partial charge >= 0.3 is 6.09 Å². The number of carbonyl (C=O) groups is 1. The van der Waals surface area contributed by atoms with Crippen LogP contribution in [-0.4, -0.2) is 41.2 Å². The molecular weight excluding hydrogens is 278 g/mol. The van der Waals surface area contributed by atoms with Crippen LogP contribution in [0.15, 0.2) is 24.4 Å². The number of hydrogen-bond acceptors (Lipinski definition) is 4. The monoisotopic (exact) mass is 307 g/mol. The molecule has 0 saturated carbocycles. The fraction of sp³-hybridized carbons (Fsp3) is 0.647. The minimum absolute atomic E-state index is 0.156. The van der Waals surface area contributed by atoms with Crippen LogP contribution >= 0.6 is 0 Å². The van der Waals surface area contributed by atoms with Crippen molar-refractivity contribution < 1.29 is 9.53 Å². The normalized spacial score (nSPS) is 12.8. The van der Waals surface area contributed by atoms with Crippen molar-refractivity contribution in [3.8, 4) is 0 Å². The Bertz CT molecular complexity index is 443. The van der Waals surface area contributed by atoms with Crippen molar-refractivity contribution in [2.45, 2.75) is 52.7 Å². The smallest absolute Gasteiger partial charge is 0.410 e. The van der Waals surface area contributed by atoms with Crippen LogP contribution in [0, 0.1) is 0 Å². The van der Waals surface area contributed by atoms with Gasteiger partial charge in [0.1, 0.15) is 5.60 Å². The SMILES string of the molecule is CCCN(CCNC(C)c1ccccn1)C(=O)OC(C)(C)C. The van der Waals surface area contributed by atoms with Crippen molar-refractivity contribution >= 4 is 6.09 Å². The summed E-state index contributed by atoms with van der Waals surface area (Å²) in [6.07, 6.45) is 2.45. The van der Waals surface area contributed by atoms with Gasteiger partial charge in [0.05, 0.1) is 5.69 Å². The number of ether oxygens (including phenoxy) is 1. The van der Waals surface area contributed by atoms with E-state index in [9.17, 15) is 4.79 Å². The highest BCUT2D eigenvalue weighted by Crippen LogP contribution is 2.11. The van der Waals surface area contributed by atoms with Gasteiger partial charge in [0.2, 0.25) is 0 Å². The van der Waals surface area contributed by atoms with Gasteiger partial charge in [-0.15, -0.1) is 0 Å². The van der Waals surface area contributed by atoms with Gasteiger partial charge in [0.25, 0.3) is 0 Å². The summed E-state index contributed by atoms with van der Waals surface area (Å²) in [7, 11) is 0. The van der Waals surface area contributed by atoms with Crippen LogP contribution in [0.5, 0.6) is 0 Å². The molecule has 0 aliphatic carbocycles. The third-order valence-corrected chi connectivity index (χ3v) is 3.11. The molecule has 0 fully saturated rings. The maximum Gasteiger partial charge on any atom is 0.410 e. The number of nitrogens with zero attached hydrogens (tertiary/aromatic N) is 2. The molecule has 1 aromatic heterocycles. The zero-order valence-corrected chi connectivity index (χ0v) is 14.4. The van der Waals surface area contributed by atoms with Crippen LogP contribution in [0.25, 0.3) is 0 Å². The second-order valence-corrected chi connectivity index (χ2v) is 6.40. The van der Waals surface area contributed by atoms with E-state index in [-0.39, 0.29) is 12.1 Å². The highest BCUT2D eigenvalue weighted by Gasteiger charge is 2.21. The Morgan fingerprint density at radius 3 is 2.64 bits per heavy atom. The molecule has 0 aliphatic rings. The standard InChI is InChI=1S/C17H29N3O2/c1-6-12-20(16(21)22-17(3,4)5)13-11-18-14(2)15-9-7-8-10-19-15/h7-10,14,18H,6,11-13H2,1-5H3. The number of aromatic nitrogens is 1. The number of nitrogens with one attached hydrogen (secondary N) is 1. The summed E-state index contributed by atoms with van der Waals surface area (Å²) in [5, 5.41) is 3.39. The maximum atomic E-state index is 12.2. The van der Waals surface area contributed by atoms with E-state index in [4.69, 9.17) is 4.74 Å². The van der Waals surface area contributed by atoms with E-state index in [1.54, 1.807) is 11.1 Å². The molecule has 22 heavy (non-hydrogen) atoms. The summed E-state index contributed by atoms with van der Waals surface area (Å²) in [6.45, 7) is 11.8. The number of amides is 1. The van der Waals surface area contributed by atoms with Crippen molar-refractivity contribution in [1.82, 2.24) is 15.2 Å². The molecule has 1 rings (SSSR count). The second-order valence-electron chi connectivity index (χ2n) is 6.40. The third-order valence-electron chi connectivity index (χ3n) is 3.11. The van der Waals surface area contributed by atoms with E-state index in [1.165, 1.54) is 0 Å². The highest BCUT2D eigenvalue weighted by molar-refractivity contribution is 5.68. The quantitative estimate of drug-likeness (QED) is 0.839. The molecule has 1 N–H and O–H groups in total. The number of pyridine rings is 1. The molecule has 1 aromatic rings. The number of rotatable bonds is 7. The van der Waals surface area contributed by atoms with E-state index in [0.717, 1.165) is 12.1 Å². The van der Waals surface area contributed by atoms with E-state index < -0.39 is 5.60 Å². The highest BCUT2D eigenvalue weighted by atomic mass is 16.6. The van der Waals surface area contributed by atoms with Crippen molar-refractivity contribution in [1.29, 1.82) is 0 Å². The van der Waals surface area contributed by atoms with Gasteiger partial charge in [-0.2, -0.15) is 0 Å². The lowest BCUT2D eigenvalue weighted by Gasteiger charge is -2.27. The number of hydrogen-bond donors (Lipinski definition) is 1. The minimum Gasteiger partial charge on any atom is -0.444 e. The topological polar surface area (TPSA) is 54.5 Å². The fourth-order valence-electron chi connectivity index (χ4n) is 2.04. The lowest BCUT2D eigenvalue weighted by atomic mass is 10.2. The largest absolute Gasteiger partial charge is 0.444 e. The summed E-state index contributed by atoms with van der Waals surface area (Å²) >= 11 is 0. The van der Waals surface area contributed by atoms with Crippen molar-refractivity contribution in [2.24, 2.45) is 0 Å². The average Bonchev–Trinajstić information content (AvgIpc) is 2.45. The van der Waals surface area contributed by atoms with Crippen molar-refractivity contribution in [3.63, 3.8) is 0 Å². The zero-order valence-electron chi connectivity index (χ0n) is 14.4. The molecule has 0 aliphatic heterocycles. The second kappa shape index (κ2) is 8.73. The Balaban J connectivity index is 2.46. The van der Waals surface area contributed by atoms with E-state index >= 15 is 0 Å². The van der Waals surface area contributed by atoms with Crippen LogP contribution in [0.3, 0.4) is 0 Å². The van der Waals surface area contributed by atoms with Gasteiger partial charge in [-0.3, -0.25) is 4.98 Å². The molecule has 1 heterocycles. The van der Waals surface area contributed by atoms with E-state index in [1.807, 2.05) is 39.0 Å². The van der Waals surface area contributed by atoms with Gasteiger partial charge < -0.3 is 15.0 Å². The van der Waals surface area contributed by atoms with Gasteiger partial charge in [0.15, 0.2) is 0 Å². The lowest BCUT2D eigenvalue weighted by Crippen LogP contribution is -2.41. The summed E-state index contributed by atoms with van der Waals surface area (Å²) in [4.78, 5) is 18.2. The molecule has 1 unspecified atom stereocenters. The van der Waals surface area contributed by atoms with Crippen molar-refractivity contribution in [2.75, 3.05) is 19.6 Å². The summed E-state index contributed by atoms with van der Waals surface area (Å²) in [5.41, 5.74) is 0.541. The van der Waals surface area contributed by atoms with Crippen LogP contribution in [0.1, 0.15) is 52.8 Å². The summed E-state index contributed by atoms with van der Waals surface area (Å²) < 4.78 is 5.44. The molecule has 5 heteroatoms. The van der Waals surface area contributed by atoms with Gasteiger partial charge in [0, 0.05) is 31.9 Å². The average molecular weight is 307 g/mol. The number of carbonyl (C=O) groups excluding carboxylic acids is 1. The Labute approximate surface area is 134 Å². The van der Waals surface area contributed by atoms with Gasteiger partial charge in [-0.25, -0.2) is 4.79 Å². The molecule has 124 valence electrons. The molecule has 1 atom stereocenters. The van der Waals surface area contributed by atoms with Crippen LogP contribution in [0.4, 0.5) is 4.79 Å². The Morgan fingerprint density at radius 1 is 1.36 bits per heavy atom. The molecular formula is C17H29N3O2. The molecule has 5 nitrogen and oxygen atoms in total. The first-order chi connectivity index (χ1) is 10.3. The van der Waals surface area contributed by atoms with Crippen LogP contribution in [0.2, 0.25) is 0 Å². The molecule has 0 saturated heterocycles. The minimum atomic E-state index is -0.461. The predicted octanol–water partition coefficient (Wildman–Crippen LogP) is 3.38. The lowest BCUT2D eigenvalue weighted by molar-refractivity contribution is 0.0251.